The lowest BCUT2D eigenvalue weighted by atomic mass is 10.1. The quantitative estimate of drug-likeness (QED) is 0.616. The predicted octanol–water partition coefficient (Wildman–Crippen LogP) is 4.32. The molecule has 0 aliphatic carbocycles. The molecule has 0 saturated heterocycles. The van der Waals surface area contributed by atoms with Gasteiger partial charge in [0.15, 0.2) is 0 Å². The van der Waals surface area contributed by atoms with Crippen LogP contribution in [0.3, 0.4) is 0 Å². The van der Waals surface area contributed by atoms with Gasteiger partial charge in [0, 0.05) is 15.1 Å². The summed E-state index contributed by atoms with van der Waals surface area (Å²) in [6.07, 6.45) is 0.818. The molecule has 0 bridgehead atoms. The Balaban J connectivity index is 2.15. The number of para-hydroxylation sites is 1. The second kappa shape index (κ2) is 6.91. The zero-order valence-corrected chi connectivity index (χ0v) is 13.1. The summed E-state index contributed by atoms with van der Waals surface area (Å²) in [6, 6.07) is 15.2. The molecule has 98 valence electrons. The lowest BCUT2D eigenvalue weighted by Crippen LogP contribution is -2.13. The molecule has 4 heteroatoms. The Bertz CT molecular complexity index is 572. The van der Waals surface area contributed by atoms with Gasteiger partial charge in [-0.1, -0.05) is 24.3 Å². The van der Waals surface area contributed by atoms with Crippen LogP contribution in [0.2, 0.25) is 0 Å². The number of hydrogen-bond acceptors (Lipinski definition) is 1. The van der Waals surface area contributed by atoms with E-state index >= 15 is 0 Å². The van der Waals surface area contributed by atoms with Crippen molar-refractivity contribution in [1.82, 2.24) is 0 Å². The van der Waals surface area contributed by atoms with Crippen LogP contribution in [0, 0.1) is 3.57 Å². The number of nitrogens with one attached hydrogen (secondary N) is 1. The maximum atomic E-state index is 12.2. The van der Waals surface area contributed by atoms with Gasteiger partial charge >= 0.3 is 0 Å². The summed E-state index contributed by atoms with van der Waals surface area (Å²) in [5.41, 5.74) is 2.63. The first-order valence-corrected chi connectivity index (χ1v) is 7.53. The average molecular weight is 386 g/mol. The number of benzene rings is 2. The molecule has 19 heavy (non-hydrogen) atoms. The molecule has 1 amide bonds. The minimum atomic E-state index is -0.0898. The van der Waals surface area contributed by atoms with Crippen LogP contribution in [0.5, 0.6) is 0 Å². The molecule has 0 radical (unpaired) electrons. The van der Waals surface area contributed by atoms with Crippen LogP contribution < -0.4 is 5.32 Å². The first-order valence-electron chi connectivity index (χ1n) is 5.91. The molecule has 0 spiro atoms. The summed E-state index contributed by atoms with van der Waals surface area (Å²) < 4.78 is 0.939. The monoisotopic (exact) mass is 385 g/mol. The Morgan fingerprint density at radius 3 is 2.53 bits per heavy atom. The summed E-state index contributed by atoms with van der Waals surface area (Å²) >= 11 is 7.90. The highest BCUT2D eigenvalue weighted by molar-refractivity contribution is 14.1. The highest BCUT2D eigenvalue weighted by Crippen LogP contribution is 2.17. The first-order chi connectivity index (χ1) is 9.20. The van der Waals surface area contributed by atoms with Gasteiger partial charge in [0.05, 0.1) is 5.56 Å². The molecule has 1 N–H and O–H groups in total. The van der Waals surface area contributed by atoms with Gasteiger partial charge in [-0.2, -0.15) is 0 Å². The normalized spacial score (nSPS) is 10.2. The van der Waals surface area contributed by atoms with Crippen molar-refractivity contribution in [2.24, 2.45) is 0 Å². The van der Waals surface area contributed by atoms with E-state index in [4.69, 9.17) is 11.6 Å². The zero-order chi connectivity index (χ0) is 13.7. The molecule has 0 heterocycles. The standard InChI is InChI=1S/C15H13ClINO/c16-9-8-11-6-7-13(14(17)10-11)15(19)18-12-4-2-1-3-5-12/h1-7,10H,8-9H2,(H,18,19). The van der Waals surface area contributed by atoms with Crippen molar-refractivity contribution in [3.05, 3.63) is 63.2 Å². The molecule has 0 atom stereocenters. The summed E-state index contributed by atoms with van der Waals surface area (Å²) in [4.78, 5) is 12.2. The van der Waals surface area contributed by atoms with Crippen LogP contribution in [-0.2, 0) is 6.42 Å². The Labute approximate surface area is 131 Å². The molecule has 2 nitrogen and oxygen atoms in total. The third kappa shape index (κ3) is 3.94. The minimum Gasteiger partial charge on any atom is -0.322 e. The topological polar surface area (TPSA) is 29.1 Å². The number of alkyl halides is 1. The van der Waals surface area contributed by atoms with E-state index in [0.29, 0.717) is 11.4 Å². The first kappa shape index (κ1) is 14.3. The largest absolute Gasteiger partial charge is 0.322 e. The van der Waals surface area contributed by atoms with Crippen LogP contribution in [0.1, 0.15) is 15.9 Å². The number of halogens is 2. The number of aryl methyl sites for hydroxylation is 1. The Kier molecular flexibility index (Phi) is 5.22. The van der Waals surface area contributed by atoms with Gasteiger partial charge in [0.1, 0.15) is 0 Å². The summed E-state index contributed by atoms with van der Waals surface area (Å²) in [5.74, 6) is 0.499. The van der Waals surface area contributed by atoms with Gasteiger partial charge in [-0.25, -0.2) is 0 Å². The van der Waals surface area contributed by atoms with Crippen LogP contribution in [-0.4, -0.2) is 11.8 Å². The highest BCUT2D eigenvalue weighted by atomic mass is 127. The van der Waals surface area contributed by atoms with Crippen molar-refractivity contribution in [2.75, 3.05) is 11.2 Å². The van der Waals surface area contributed by atoms with E-state index in [9.17, 15) is 4.79 Å². The Morgan fingerprint density at radius 1 is 1.16 bits per heavy atom. The van der Waals surface area contributed by atoms with Gasteiger partial charge in [-0.05, 0) is 58.8 Å². The summed E-state index contributed by atoms with van der Waals surface area (Å²) in [5, 5.41) is 2.88. The molecule has 0 unspecified atom stereocenters. The second-order valence-corrected chi connectivity index (χ2v) is 5.61. The van der Waals surface area contributed by atoms with Gasteiger partial charge < -0.3 is 5.32 Å². The van der Waals surface area contributed by atoms with E-state index in [-0.39, 0.29) is 5.91 Å². The molecule has 0 aliphatic heterocycles. The molecule has 0 aromatic heterocycles. The lowest BCUT2D eigenvalue weighted by molar-refractivity contribution is 0.102. The fourth-order valence-corrected chi connectivity index (χ4v) is 2.77. The molecule has 2 rings (SSSR count). The maximum Gasteiger partial charge on any atom is 0.256 e. The fraction of sp³-hybridized carbons (Fsp3) is 0.133. The van der Waals surface area contributed by atoms with Gasteiger partial charge in [-0.15, -0.1) is 11.6 Å². The van der Waals surface area contributed by atoms with Gasteiger partial charge in [0.2, 0.25) is 0 Å². The number of amides is 1. The summed E-state index contributed by atoms with van der Waals surface area (Å²) in [7, 11) is 0. The van der Waals surface area contributed by atoms with Crippen LogP contribution in [0.15, 0.2) is 48.5 Å². The van der Waals surface area contributed by atoms with E-state index in [1.807, 2.05) is 48.5 Å². The molecular weight excluding hydrogens is 373 g/mol. The third-order valence-electron chi connectivity index (χ3n) is 2.69. The average Bonchev–Trinajstić information content (AvgIpc) is 2.40. The summed E-state index contributed by atoms with van der Waals surface area (Å²) in [6.45, 7) is 0. The van der Waals surface area contributed by atoms with Crippen molar-refractivity contribution in [1.29, 1.82) is 0 Å². The Morgan fingerprint density at radius 2 is 1.89 bits per heavy atom. The molecule has 0 aliphatic rings. The van der Waals surface area contributed by atoms with E-state index in [0.717, 1.165) is 21.2 Å². The van der Waals surface area contributed by atoms with Crippen LogP contribution in [0.4, 0.5) is 5.69 Å². The van der Waals surface area contributed by atoms with Crippen molar-refractivity contribution in [3.63, 3.8) is 0 Å². The number of carbonyl (C=O) groups excluding carboxylic acids is 1. The van der Waals surface area contributed by atoms with E-state index in [1.54, 1.807) is 0 Å². The molecule has 2 aromatic rings. The van der Waals surface area contributed by atoms with Crippen molar-refractivity contribution < 1.29 is 4.79 Å². The van der Waals surface area contributed by atoms with Gasteiger partial charge in [-0.3, -0.25) is 4.79 Å². The highest BCUT2D eigenvalue weighted by Gasteiger charge is 2.10. The van der Waals surface area contributed by atoms with Crippen molar-refractivity contribution >= 4 is 45.8 Å². The fourth-order valence-electron chi connectivity index (χ4n) is 1.73. The maximum absolute atomic E-state index is 12.2. The molecular formula is C15H13ClINO. The Hall–Kier alpha value is -1.07. The number of rotatable bonds is 4. The van der Waals surface area contributed by atoms with E-state index < -0.39 is 0 Å². The van der Waals surface area contributed by atoms with Crippen molar-refractivity contribution in [3.8, 4) is 0 Å². The van der Waals surface area contributed by atoms with Crippen molar-refractivity contribution in [2.45, 2.75) is 6.42 Å². The smallest absolute Gasteiger partial charge is 0.256 e. The van der Waals surface area contributed by atoms with Gasteiger partial charge in [0.25, 0.3) is 5.91 Å². The number of hydrogen-bond donors (Lipinski definition) is 1. The number of anilines is 1. The van der Waals surface area contributed by atoms with Crippen LogP contribution in [0.25, 0.3) is 0 Å². The molecule has 0 saturated carbocycles. The zero-order valence-electron chi connectivity index (χ0n) is 10.2. The second-order valence-electron chi connectivity index (χ2n) is 4.07. The van der Waals surface area contributed by atoms with E-state index in [1.165, 1.54) is 0 Å². The molecule has 2 aromatic carbocycles. The minimum absolute atomic E-state index is 0.0898. The predicted molar refractivity (Wildman–Crippen MR) is 88.0 cm³/mol. The lowest BCUT2D eigenvalue weighted by Gasteiger charge is -2.08. The van der Waals surface area contributed by atoms with Crippen LogP contribution >= 0.6 is 34.2 Å². The molecule has 0 fully saturated rings. The third-order valence-corrected chi connectivity index (χ3v) is 3.77. The number of carbonyl (C=O) groups is 1. The SMILES string of the molecule is O=C(Nc1ccccc1)c1ccc(CCCl)cc1I. The van der Waals surface area contributed by atoms with E-state index in [2.05, 4.69) is 27.9 Å².